The summed E-state index contributed by atoms with van der Waals surface area (Å²) in [5, 5.41) is 2.88. The molecule has 2 aromatic carbocycles. The molecule has 3 rings (SSSR count). The van der Waals surface area contributed by atoms with Gasteiger partial charge in [-0.3, -0.25) is 19.3 Å². The Morgan fingerprint density at radius 2 is 1.54 bits per heavy atom. The minimum Gasteiger partial charge on any atom is -0.324 e. The Kier molecular flexibility index (Phi) is 4.64. The second-order valence-electron chi connectivity index (χ2n) is 7.02. The van der Waals surface area contributed by atoms with Crippen LogP contribution in [-0.2, 0) is 4.79 Å². The molecule has 0 saturated heterocycles. The van der Waals surface area contributed by atoms with Gasteiger partial charge in [0.15, 0.2) is 0 Å². The third-order valence-electron chi connectivity index (χ3n) is 4.64. The molecule has 0 aliphatic carbocycles. The molecule has 1 heterocycles. The zero-order valence-corrected chi connectivity index (χ0v) is 15.4. The SMILES string of the molecule is Cc1ccc(NC(=O)C(C(C)C)N2C(=O)c3ccccc3C2=O)c(C)c1. The number of fused-ring (bicyclic) bond motifs is 1. The molecule has 1 aliphatic rings. The molecular weight excluding hydrogens is 328 g/mol. The zero-order valence-electron chi connectivity index (χ0n) is 15.4. The lowest BCUT2D eigenvalue weighted by Gasteiger charge is -2.28. The number of imide groups is 1. The number of carbonyl (C=O) groups excluding carboxylic acids is 3. The average Bonchev–Trinajstić information content (AvgIpc) is 2.83. The van der Waals surface area contributed by atoms with Gasteiger partial charge in [0.2, 0.25) is 5.91 Å². The zero-order chi connectivity index (χ0) is 19.0. The summed E-state index contributed by atoms with van der Waals surface area (Å²) >= 11 is 0. The highest BCUT2D eigenvalue weighted by atomic mass is 16.2. The van der Waals surface area contributed by atoms with Gasteiger partial charge in [-0.1, -0.05) is 43.7 Å². The van der Waals surface area contributed by atoms with Crippen molar-refractivity contribution in [3.05, 3.63) is 64.7 Å². The van der Waals surface area contributed by atoms with Crippen molar-refractivity contribution in [1.82, 2.24) is 4.90 Å². The number of hydrogen-bond donors (Lipinski definition) is 1. The predicted molar refractivity (Wildman–Crippen MR) is 100 cm³/mol. The predicted octanol–water partition coefficient (Wildman–Crippen LogP) is 3.56. The minimum atomic E-state index is -0.872. The minimum absolute atomic E-state index is 0.219. The number of nitrogens with zero attached hydrogens (tertiary/aromatic N) is 1. The molecule has 26 heavy (non-hydrogen) atoms. The van der Waals surface area contributed by atoms with E-state index in [0.29, 0.717) is 16.8 Å². The highest BCUT2D eigenvalue weighted by Gasteiger charge is 2.43. The summed E-state index contributed by atoms with van der Waals surface area (Å²) in [6.07, 6.45) is 0. The second kappa shape index (κ2) is 6.75. The average molecular weight is 350 g/mol. The van der Waals surface area contributed by atoms with Gasteiger partial charge < -0.3 is 5.32 Å². The fraction of sp³-hybridized carbons (Fsp3) is 0.286. The van der Waals surface area contributed by atoms with Crippen LogP contribution in [0, 0.1) is 19.8 Å². The number of aryl methyl sites for hydroxylation is 2. The standard InChI is InChI=1S/C21H22N2O3/c1-12(2)18(19(24)22-17-10-9-13(3)11-14(17)4)23-20(25)15-7-5-6-8-16(15)21(23)26/h5-12,18H,1-4H3,(H,22,24). The van der Waals surface area contributed by atoms with Crippen molar-refractivity contribution in [1.29, 1.82) is 0 Å². The Morgan fingerprint density at radius 1 is 0.962 bits per heavy atom. The highest BCUT2D eigenvalue weighted by molar-refractivity contribution is 6.23. The molecule has 0 aromatic heterocycles. The van der Waals surface area contributed by atoms with E-state index in [-0.39, 0.29) is 11.8 Å². The van der Waals surface area contributed by atoms with E-state index in [2.05, 4.69) is 5.32 Å². The van der Waals surface area contributed by atoms with Crippen LogP contribution in [0.25, 0.3) is 0 Å². The summed E-state index contributed by atoms with van der Waals surface area (Å²) < 4.78 is 0. The molecule has 1 atom stereocenters. The molecule has 134 valence electrons. The monoisotopic (exact) mass is 350 g/mol. The molecule has 0 radical (unpaired) electrons. The topological polar surface area (TPSA) is 66.5 Å². The fourth-order valence-electron chi connectivity index (χ4n) is 3.34. The van der Waals surface area contributed by atoms with Gasteiger partial charge >= 0.3 is 0 Å². The van der Waals surface area contributed by atoms with Crippen molar-refractivity contribution < 1.29 is 14.4 Å². The van der Waals surface area contributed by atoms with E-state index in [9.17, 15) is 14.4 Å². The first-order chi connectivity index (χ1) is 12.3. The van der Waals surface area contributed by atoms with E-state index in [1.165, 1.54) is 0 Å². The molecule has 0 fully saturated rings. The molecule has 0 saturated carbocycles. The van der Waals surface area contributed by atoms with Crippen LogP contribution in [0.15, 0.2) is 42.5 Å². The maximum absolute atomic E-state index is 13.0. The Bertz CT molecular complexity index is 867. The molecular formula is C21H22N2O3. The lowest BCUT2D eigenvalue weighted by atomic mass is 10.0. The van der Waals surface area contributed by atoms with Crippen molar-refractivity contribution in [2.45, 2.75) is 33.7 Å². The van der Waals surface area contributed by atoms with E-state index in [0.717, 1.165) is 16.0 Å². The number of benzene rings is 2. The van der Waals surface area contributed by atoms with Crippen LogP contribution in [0.2, 0.25) is 0 Å². The normalized spacial score (nSPS) is 14.6. The number of carbonyl (C=O) groups is 3. The Morgan fingerprint density at radius 3 is 2.04 bits per heavy atom. The van der Waals surface area contributed by atoms with Crippen LogP contribution >= 0.6 is 0 Å². The molecule has 3 amide bonds. The van der Waals surface area contributed by atoms with E-state index in [1.807, 2.05) is 45.9 Å². The first-order valence-electron chi connectivity index (χ1n) is 8.66. The quantitative estimate of drug-likeness (QED) is 0.858. The van der Waals surface area contributed by atoms with E-state index in [1.54, 1.807) is 24.3 Å². The van der Waals surface area contributed by atoms with Crippen LogP contribution in [0.5, 0.6) is 0 Å². The summed E-state index contributed by atoms with van der Waals surface area (Å²) in [5.74, 6) is -1.41. The molecule has 1 N–H and O–H groups in total. The van der Waals surface area contributed by atoms with Crippen LogP contribution in [0.3, 0.4) is 0 Å². The highest BCUT2D eigenvalue weighted by Crippen LogP contribution is 2.28. The molecule has 1 unspecified atom stereocenters. The van der Waals surface area contributed by atoms with Gasteiger partial charge in [0.05, 0.1) is 11.1 Å². The summed E-state index contributed by atoms with van der Waals surface area (Å²) in [7, 11) is 0. The summed E-state index contributed by atoms with van der Waals surface area (Å²) in [4.78, 5) is 39.5. The first kappa shape index (κ1) is 17.9. The fourth-order valence-corrected chi connectivity index (χ4v) is 3.34. The van der Waals surface area contributed by atoms with Crippen molar-refractivity contribution >= 4 is 23.4 Å². The molecule has 5 nitrogen and oxygen atoms in total. The summed E-state index contributed by atoms with van der Waals surface area (Å²) in [5.41, 5.74) is 3.41. The van der Waals surface area contributed by atoms with Gasteiger partial charge in [-0.15, -0.1) is 0 Å². The maximum atomic E-state index is 13.0. The Hall–Kier alpha value is -2.95. The largest absolute Gasteiger partial charge is 0.324 e. The van der Waals surface area contributed by atoms with E-state index < -0.39 is 17.9 Å². The third kappa shape index (κ3) is 3.01. The number of nitrogens with one attached hydrogen (secondary N) is 1. The van der Waals surface area contributed by atoms with Crippen molar-refractivity contribution in [3.8, 4) is 0 Å². The number of rotatable bonds is 4. The second-order valence-corrected chi connectivity index (χ2v) is 7.02. The molecule has 1 aliphatic heterocycles. The summed E-state index contributed by atoms with van der Waals surface area (Å²) in [6, 6.07) is 11.5. The van der Waals surface area contributed by atoms with E-state index in [4.69, 9.17) is 0 Å². The van der Waals surface area contributed by atoms with Gasteiger partial charge in [-0.05, 0) is 43.5 Å². The molecule has 2 aromatic rings. The van der Waals surface area contributed by atoms with Crippen LogP contribution in [0.4, 0.5) is 5.69 Å². The Labute approximate surface area is 153 Å². The van der Waals surface area contributed by atoms with Crippen LogP contribution < -0.4 is 5.32 Å². The lowest BCUT2D eigenvalue weighted by Crippen LogP contribution is -2.50. The van der Waals surface area contributed by atoms with Crippen molar-refractivity contribution in [2.75, 3.05) is 5.32 Å². The van der Waals surface area contributed by atoms with Gasteiger partial charge in [0.25, 0.3) is 11.8 Å². The summed E-state index contributed by atoms with van der Waals surface area (Å²) in [6.45, 7) is 7.55. The third-order valence-corrected chi connectivity index (χ3v) is 4.64. The lowest BCUT2D eigenvalue weighted by molar-refractivity contribution is -0.121. The maximum Gasteiger partial charge on any atom is 0.262 e. The van der Waals surface area contributed by atoms with Crippen LogP contribution in [-0.4, -0.2) is 28.7 Å². The van der Waals surface area contributed by atoms with Gasteiger partial charge in [0.1, 0.15) is 6.04 Å². The van der Waals surface area contributed by atoms with Crippen molar-refractivity contribution in [3.63, 3.8) is 0 Å². The molecule has 0 bridgehead atoms. The first-order valence-corrected chi connectivity index (χ1v) is 8.66. The van der Waals surface area contributed by atoms with Gasteiger partial charge in [0, 0.05) is 5.69 Å². The Balaban J connectivity index is 1.92. The van der Waals surface area contributed by atoms with Gasteiger partial charge in [-0.2, -0.15) is 0 Å². The van der Waals surface area contributed by atoms with E-state index >= 15 is 0 Å². The number of anilines is 1. The number of hydrogen-bond acceptors (Lipinski definition) is 3. The number of amides is 3. The smallest absolute Gasteiger partial charge is 0.262 e. The van der Waals surface area contributed by atoms with Crippen molar-refractivity contribution in [2.24, 2.45) is 5.92 Å². The molecule has 5 heteroatoms. The van der Waals surface area contributed by atoms with Gasteiger partial charge in [-0.25, -0.2) is 0 Å². The molecule has 0 spiro atoms. The van der Waals surface area contributed by atoms with Crippen LogP contribution in [0.1, 0.15) is 45.7 Å².